The van der Waals surface area contributed by atoms with Crippen molar-refractivity contribution in [3.05, 3.63) is 27.2 Å². The maximum absolute atomic E-state index is 11.2. The van der Waals surface area contributed by atoms with Gasteiger partial charge in [-0.1, -0.05) is 23.2 Å². The van der Waals surface area contributed by atoms with Crippen LogP contribution in [0, 0.1) is 6.92 Å². The number of nitrogen functional groups attached to an aromatic ring is 1. The lowest BCUT2D eigenvalue weighted by molar-refractivity contribution is 0.0601. The summed E-state index contributed by atoms with van der Waals surface area (Å²) >= 11 is 11.7. The van der Waals surface area contributed by atoms with Crippen LogP contribution in [0.5, 0.6) is 0 Å². The van der Waals surface area contributed by atoms with Gasteiger partial charge in [0.1, 0.15) is 0 Å². The zero-order valence-electron chi connectivity index (χ0n) is 7.73. The number of benzene rings is 1. The fourth-order valence-electron chi connectivity index (χ4n) is 1.06. The Morgan fingerprint density at radius 2 is 2.00 bits per heavy atom. The van der Waals surface area contributed by atoms with Gasteiger partial charge in [0.05, 0.1) is 28.4 Å². The Kier molecular flexibility index (Phi) is 3.24. The van der Waals surface area contributed by atoms with E-state index in [4.69, 9.17) is 28.9 Å². The number of hydrogen-bond donors (Lipinski definition) is 1. The molecule has 2 N–H and O–H groups in total. The maximum Gasteiger partial charge on any atom is 0.339 e. The van der Waals surface area contributed by atoms with Crippen molar-refractivity contribution >= 4 is 34.9 Å². The molecule has 3 nitrogen and oxygen atoms in total. The third-order valence-electron chi connectivity index (χ3n) is 1.82. The average molecular weight is 234 g/mol. The molecule has 0 spiro atoms. The van der Waals surface area contributed by atoms with Crippen LogP contribution in [-0.2, 0) is 4.74 Å². The Morgan fingerprint density at radius 3 is 2.50 bits per heavy atom. The van der Waals surface area contributed by atoms with Crippen LogP contribution < -0.4 is 5.73 Å². The van der Waals surface area contributed by atoms with Gasteiger partial charge in [0.15, 0.2) is 0 Å². The topological polar surface area (TPSA) is 52.3 Å². The number of carbonyl (C=O) groups excluding carboxylic acids is 1. The van der Waals surface area contributed by atoms with Crippen molar-refractivity contribution in [2.24, 2.45) is 0 Å². The molecule has 0 aliphatic rings. The van der Waals surface area contributed by atoms with Crippen LogP contribution in [0.3, 0.4) is 0 Å². The molecule has 76 valence electrons. The maximum atomic E-state index is 11.2. The summed E-state index contributed by atoms with van der Waals surface area (Å²) in [4.78, 5) is 11.2. The predicted octanol–water partition coefficient (Wildman–Crippen LogP) is 2.67. The number of halogens is 2. The van der Waals surface area contributed by atoms with E-state index in [0.717, 1.165) is 0 Å². The Hall–Kier alpha value is -0.930. The highest BCUT2D eigenvalue weighted by Gasteiger charge is 2.16. The number of nitrogens with two attached hydrogens (primary N) is 1. The molecule has 0 saturated heterocycles. The standard InChI is InChI=1S/C9H9Cl2NO2/c1-4-3-5(9(13)14-2)7(11)8(12)6(4)10/h3H,12H2,1-2H3. The van der Waals surface area contributed by atoms with E-state index < -0.39 is 5.97 Å². The summed E-state index contributed by atoms with van der Waals surface area (Å²) in [6.07, 6.45) is 0. The van der Waals surface area contributed by atoms with Gasteiger partial charge in [0.25, 0.3) is 0 Å². The zero-order chi connectivity index (χ0) is 10.9. The molecule has 0 aliphatic carbocycles. The SMILES string of the molecule is COC(=O)c1cc(C)c(Cl)c(N)c1Cl. The summed E-state index contributed by atoms with van der Waals surface area (Å²) in [6.45, 7) is 1.74. The molecular formula is C9H9Cl2NO2. The van der Waals surface area contributed by atoms with Crippen LogP contribution in [0.15, 0.2) is 6.07 Å². The Bertz CT molecular complexity index is 391. The number of esters is 1. The van der Waals surface area contributed by atoms with Gasteiger partial charge in [-0.15, -0.1) is 0 Å². The van der Waals surface area contributed by atoms with Crippen LogP contribution in [0.4, 0.5) is 5.69 Å². The highest BCUT2D eigenvalue weighted by molar-refractivity contribution is 6.41. The van der Waals surface area contributed by atoms with Crippen LogP contribution in [0.25, 0.3) is 0 Å². The van der Waals surface area contributed by atoms with Crippen molar-refractivity contribution in [3.8, 4) is 0 Å². The van der Waals surface area contributed by atoms with Gasteiger partial charge in [-0.05, 0) is 18.6 Å². The summed E-state index contributed by atoms with van der Waals surface area (Å²) < 4.78 is 4.54. The normalized spacial score (nSPS) is 10.0. The molecular weight excluding hydrogens is 225 g/mol. The van der Waals surface area contributed by atoms with Crippen molar-refractivity contribution in [1.29, 1.82) is 0 Å². The van der Waals surface area contributed by atoms with Gasteiger partial charge in [-0.25, -0.2) is 4.79 Å². The van der Waals surface area contributed by atoms with Crippen molar-refractivity contribution in [2.45, 2.75) is 6.92 Å². The first-order chi connectivity index (χ1) is 6.49. The van der Waals surface area contributed by atoms with Gasteiger partial charge in [-0.3, -0.25) is 0 Å². The molecule has 1 rings (SSSR count). The van der Waals surface area contributed by atoms with Gasteiger partial charge >= 0.3 is 5.97 Å². The Labute approximate surface area is 91.7 Å². The lowest BCUT2D eigenvalue weighted by Crippen LogP contribution is -2.05. The zero-order valence-corrected chi connectivity index (χ0v) is 9.24. The summed E-state index contributed by atoms with van der Waals surface area (Å²) in [7, 11) is 1.28. The summed E-state index contributed by atoms with van der Waals surface area (Å²) in [6, 6.07) is 1.55. The number of aryl methyl sites for hydroxylation is 1. The van der Waals surface area contributed by atoms with Crippen LogP contribution in [-0.4, -0.2) is 13.1 Å². The molecule has 0 aliphatic heterocycles. The molecule has 1 aromatic rings. The van der Waals surface area contributed by atoms with E-state index >= 15 is 0 Å². The molecule has 0 amide bonds. The minimum absolute atomic E-state index is 0.132. The molecule has 14 heavy (non-hydrogen) atoms. The van der Waals surface area contributed by atoms with Crippen molar-refractivity contribution in [1.82, 2.24) is 0 Å². The Balaban J connectivity index is 3.40. The third kappa shape index (κ3) is 1.79. The second-order valence-corrected chi connectivity index (χ2v) is 3.53. The highest BCUT2D eigenvalue weighted by atomic mass is 35.5. The summed E-state index contributed by atoms with van der Waals surface area (Å²) in [5, 5.41) is 0.495. The molecule has 1 aromatic carbocycles. The first-order valence-electron chi connectivity index (χ1n) is 3.81. The number of methoxy groups -OCH3 is 1. The molecule has 0 bridgehead atoms. The fraction of sp³-hybridized carbons (Fsp3) is 0.222. The van der Waals surface area contributed by atoms with E-state index in [-0.39, 0.29) is 16.3 Å². The second kappa shape index (κ2) is 4.07. The first kappa shape index (κ1) is 11.1. The number of rotatable bonds is 1. The van der Waals surface area contributed by atoms with E-state index in [0.29, 0.717) is 10.6 Å². The van der Waals surface area contributed by atoms with E-state index in [1.165, 1.54) is 7.11 Å². The van der Waals surface area contributed by atoms with Crippen LogP contribution in [0.2, 0.25) is 10.0 Å². The largest absolute Gasteiger partial charge is 0.465 e. The minimum atomic E-state index is -0.526. The quantitative estimate of drug-likeness (QED) is 0.600. The fourth-order valence-corrected chi connectivity index (χ4v) is 1.48. The average Bonchev–Trinajstić information content (AvgIpc) is 2.19. The van der Waals surface area contributed by atoms with Crippen LogP contribution >= 0.6 is 23.2 Å². The van der Waals surface area contributed by atoms with E-state index in [9.17, 15) is 4.79 Å². The molecule has 0 unspecified atom stereocenters. The molecule has 0 aromatic heterocycles. The molecule has 0 saturated carbocycles. The summed E-state index contributed by atoms with van der Waals surface area (Å²) in [5.41, 5.74) is 6.73. The number of ether oxygens (including phenoxy) is 1. The monoisotopic (exact) mass is 233 g/mol. The second-order valence-electron chi connectivity index (χ2n) is 2.77. The molecule has 5 heteroatoms. The minimum Gasteiger partial charge on any atom is -0.465 e. The number of hydrogen-bond acceptors (Lipinski definition) is 3. The molecule has 0 fully saturated rings. The van der Waals surface area contributed by atoms with Gasteiger partial charge in [-0.2, -0.15) is 0 Å². The van der Waals surface area contributed by atoms with Gasteiger partial charge in [0, 0.05) is 0 Å². The van der Waals surface area contributed by atoms with Crippen molar-refractivity contribution in [3.63, 3.8) is 0 Å². The summed E-state index contributed by atoms with van der Waals surface area (Å²) in [5.74, 6) is -0.526. The van der Waals surface area contributed by atoms with Crippen molar-refractivity contribution in [2.75, 3.05) is 12.8 Å². The van der Waals surface area contributed by atoms with Crippen molar-refractivity contribution < 1.29 is 9.53 Å². The number of anilines is 1. The van der Waals surface area contributed by atoms with Crippen LogP contribution in [0.1, 0.15) is 15.9 Å². The lowest BCUT2D eigenvalue weighted by atomic mass is 10.1. The molecule has 0 atom stereocenters. The van der Waals surface area contributed by atoms with E-state index in [1.807, 2.05) is 0 Å². The smallest absolute Gasteiger partial charge is 0.339 e. The van der Waals surface area contributed by atoms with E-state index in [2.05, 4.69) is 4.74 Å². The third-order valence-corrected chi connectivity index (χ3v) is 2.73. The van der Waals surface area contributed by atoms with Gasteiger partial charge in [0.2, 0.25) is 0 Å². The predicted molar refractivity (Wildman–Crippen MR) is 57.0 cm³/mol. The lowest BCUT2D eigenvalue weighted by Gasteiger charge is -2.09. The van der Waals surface area contributed by atoms with Gasteiger partial charge < -0.3 is 10.5 Å². The molecule has 0 radical (unpaired) electrons. The molecule has 0 heterocycles. The number of carbonyl (C=O) groups is 1. The van der Waals surface area contributed by atoms with E-state index in [1.54, 1.807) is 13.0 Å². The first-order valence-corrected chi connectivity index (χ1v) is 4.57. The highest BCUT2D eigenvalue weighted by Crippen LogP contribution is 2.33. The Morgan fingerprint density at radius 1 is 1.43 bits per heavy atom.